The van der Waals surface area contributed by atoms with E-state index < -0.39 is 209 Å². The number of nitro groups is 1. The number of hydrogen-bond donors (Lipinski definition) is 14. The molecule has 14 atom stereocenters. The molecule has 5 saturated carbocycles. The van der Waals surface area contributed by atoms with Crippen molar-refractivity contribution in [3.8, 4) is 57.1 Å². The lowest BCUT2D eigenvalue weighted by Crippen LogP contribution is -2.56. The van der Waals surface area contributed by atoms with Gasteiger partial charge >= 0.3 is 6.09 Å². The van der Waals surface area contributed by atoms with Crippen LogP contribution in [-0.4, -0.2) is 165 Å². The molecule has 15 N–H and O–H groups in total. The molecule has 33 heteroatoms. The molecular weight excluding hydrogens is 1530 g/mol. The number of fused-ring (bicyclic) bond motifs is 15. The summed E-state index contributed by atoms with van der Waals surface area (Å²) < 4.78 is 25.4. The normalized spacial score (nSPS) is 28.2. The molecule has 0 spiro atoms. The molecule has 5 heterocycles. The van der Waals surface area contributed by atoms with Crippen LogP contribution in [0.2, 0.25) is 10.0 Å². The number of nitro benzene ring substituents is 1. The average Bonchev–Trinajstić information content (AvgIpc) is 0.757. The van der Waals surface area contributed by atoms with Crippen LogP contribution >= 0.6 is 23.2 Å². The Morgan fingerprint density at radius 2 is 1.30 bits per heavy atom. The molecule has 15 bridgehead atoms. The highest BCUT2D eigenvalue weighted by Crippen LogP contribution is 2.58. The van der Waals surface area contributed by atoms with Gasteiger partial charge in [0.25, 0.3) is 5.69 Å². The summed E-state index contributed by atoms with van der Waals surface area (Å²) in [5.41, 5.74) is 4.31. The van der Waals surface area contributed by atoms with E-state index in [-0.39, 0.29) is 109 Å². The van der Waals surface area contributed by atoms with E-state index in [2.05, 4.69) is 21.3 Å². The third kappa shape index (κ3) is 17.0. The lowest BCUT2D eigenvalue weighted by atomic mass is 9.51. The Morgan fingerprint density at radius 3 is 1.89 bits per heavy atom. The predicted octanol–water partition coefficient (Wildman–Crippen LogP) is 7.41. The van der Waals surface area contributed by atoms with Crippen LogP contribution in [0.4, 0.5) is 10.5 Å². The van der Waals surface area contributed by atoms with Crippen molar-refractivity contribution in [1.29, 1.82) is 0 Å². The number of hydrogen-bond acceptors (Lipinski definition) is 24. The van der Waals surface area contributed by atoms with Gasteiger partial charge < -0.3 is 91.9 Å². The lowest BCUT2D eigenvalue weighted by molar-refractivity contribution is -0.384. The standard InChI is InChI=1S/C81H87Cl2N7O24/c1-34(2)14-54(89(3)81(108)111-33-35-4-9-46(10-5-35)90(109)110)79(106)87-69-57(95)23-44(27-65(84)98)77(104)85-67-43-24-63(112-60-12-7-39(71(69)99)21-52(60)82)76(114-62-26-45(32-91)73(101)75(103)74(62)102)64(25-43)113-61-13-8-40(22-53(61)83)72(100)70-80(107)86-68(59(97)30-48-41-16-36-15-37(18-41)19-42(48)17-36)51-28-47(92)29-56(94)66(51)50-20-38(6-11-55(50)93)49(31-58(67)96)78(105)88-70/h4-13,20-22,24-25,28-29,34,36-37,41-42,44-45,48-49,54,62,67-75,91-94,99-103H,14-19,23,26-27,30-33H2,1-3H3,(H2,84,98)(H,85,104)(H,86,107)(H,87,106)(H,88,105)/t36?,37?,41?,42?,44-,45+,48?,49+,54+,62+,67+,68-,69-,70-,71+,72+,73+,74-,75-/m0/s1. The van der Waals surface area contributed by atoms with Crippen molar-refractivity contribution >= 4 is 81.9 Å². The maximum absolute atomic E-state index is 16.4. The number of ketones is 3. The maximum Gasteiger partial charge on any atom is 0.410 e. The molecule has 31 nitrogen and oxygen atoms in total. The van der Waals surface area contributed by atoms with E-state index in [9.17, 15) is 70.5 Å². The number of aliphatic hydroxyl groups excluding tert-OH is 6. The molecule has 114 heavy (non-hydrogen) atoms. The molecule has 0 aromatic heterocycles. The van der Waals surface area contributed by atoms with Gasteiger partial charge in [-0.05, 0) is 181 Å². The van der Waals surface area contributed by atoms with Gasteiger partial charge in [-0.15, -0.1) is 0 Å². The van der Waals surface area contributed by atoms with Gasteiger partial charge in [0.2, 0.25) is 35.3 Å². The van der Waals surface area contributed by atoms with Crippen molar-refractivity contribution in [1.82, 2.24) is 26.2 Å². The van der Waals surface area contributed by atoms with E-state index >= 15 is 28.8 Å². The van der Waals surface area contributed by atoms with E-state index in [4.69, 9.17) is 47.9 Å². The Bertz CT molecular complexity index is 4780. The molecule has 0 saturated heterocycles. The second-order valence-electron chi connectivity index (χ2n) is 31.4. The summed E-state index contributed by atoms with van der Waals surface area (Å²) in [5, 5.41) is 126. The van der Waals surface area contributed by atoms with E-state index in [0.717, 1.165) is 73.4 Å². The minimum atomic E-state index is -2.19. The van der Waals surface area contributed by atoms with Crippen LogP contribution in [0, 0.1) is 57.5 Å². The third-order valence-corrected chi connectivity index (χ3v) is 23.9. The van der Waals surface area contributed by atoms with Gasteiger partial charge in [-0.25, -0.2) is 4.79 Å². The Kier molecular flexibility index (Phi) is 24.0. The molecule has 5 aliphatic heterocycles. The zero-order valence-electron chi connectivity index (χ0n) is 61.9. The van der Waals surface area contributed by atoms with Gasteiger partial charge in [0.1, 0.15) is 96.1 Å². The summed E-state index contributed by atoms with van der Waals surface area (Å²) in [6, 6.07) is 10.5. The first-order valence-corrected chi connectivity index (χ1v) is 38.4. The van der Waals surface area contributed by atoms with Crippen LogP contribution < -0.4 is 41.2 Å². The van der Waals surface area contributed by atoms with Crippen LogP contribution in [0.3, 0.4) is 0 Å². The quantitative estimate of drug-likeness (QED) is 0.0331. The lowest BCUT2D eigenvalue weighted by Gasteiger charge is -2.54. The number of halogens is 2. The molecule has 6 aromatic carbocycles. The number of benzene rings is 6. The van der Waals surface area contributed by atoms with Crippen LogP contribution in [0.15, 0.2) is 103 Å². The second-order valence-corrected chi connectivity index (χ2v) is 32.3. The van der Waals surface area contributed by atoms with Gasteiger partial charge in [-0.1, -0.05) is 55.2 Å². The summed E-state index contributed by atoms with van der Waals surface area (Å²) >= 11 is 14.3. The maximum atomic E-state index is 16.4. The number of rotatable bonds is 16. The van der Waals surface area contributed by atoms with Crippen LogP contribution in [0.5, 0.6) is 46.0 Å². The van der Waals surface area contributed by atoms with Crippen LogP contribution in [-0.2, 0) is 49.7 Å². The number of Topliss-reactive ketones (excluding diaryl/α,β-unsaturated/α-hetero) is 3. The molecule has 604 valence electrons. The number of nitrogens with one attached hydrogen (secondary N) is 4. The van der Waals surface area contributed by atoms with Crippen molar-refractivity contribution in [3.63, 3.8) is 0 Å². The van der Waals surface area contributed by atoms with Crippen molar-refractivity contribution in [2.45, 2.75) is 164 Å². The Labute approximate surface area is 662 Å². The van der Waals surface area contributed by atoms with Crippen molar-refractivity contribution in [3.05, 3.63) is 157 Å². The fourth-order valence-corrected chi connectivity index (χ4v) is 18.1. The van der Waals surface area contributed by atoms with Crippen molar-refractivity contribution < 1.29 is 113 Å². The number of nitrogens with zero attached hydrogens (tertiary/aromatic N) is 2. The molecule has 0 unspecified atom stereocenters. The number of phenols is 3. The topological polar surface area (TPSA) is 493 Å². The summed E-state index contributed by atoms with van der Waals surface area (Å²) in [6.45, 7) is 2.29. The first-order chi connectivity index (χ1) is 54.2. The number of primary amides is 1. The minimum Gasteiger partial charge on any atom is -0.508 e. The van der Waals surface area contributed by atoms with E-state index in [1.807, 2.05) is 0 Å². The highest BCUT2D eigenvalue weighted by atomic mass is 35.5. The van der Waals surface area contributed by atoms with E-state index in [1.165, 1.54) is 73.8 Å². The fourth-order valence-electron chi connectivity index (χ4n) is 17.6. The first-order valence-electron chi connectivity index (χ1n) is 37.6. The number of aromatic hydroxyl groups is 3. The van der Waals surface area contributed by atoms with Crippen LogP contribution in [0.25, 0.3) is 11.1 Å². The average molecular weight is 1610 g/mol. The van der Waals surface area contributed by atoms with Crippen molar-refractivity contribution in [2.24, 2.45) is 53.1 Å². The van der Waals surface area contributed by atoms with Gasteiger partial charge in [0.05, 0.1) is 32.9 Å². The number of phenolic OH excluding ortho intramolecular Hbond substituents is 3. The summed E-state index contributed by atoms with van der Waals surface area (Å²) in [6.07, 6.45) is -11.5. The number of aliphatic hydroxyl groups is 6. The SMILES string of the molecule is CC(C)C[C@H](C(=O)N[C@H]1C(=O)C[C@@H](CC(N)=O)C(=O)N[C@H]2C(=O)C[C@H]3C(=O)N[C@H](C(=O)N[C@H](C(=O)CC4C5CC6CC(C5)CC4C6)c4cc(O)cc(O)c4-c4cc3ccc4O)[C@H](O)c3ccc(c(Cl)c3)Oc3cc2cc(c3O[C@@H]2C[C@H](CO)[C@@H](O)[C@H](O)[C@H]2O)Oc2ccc(cc2Cl)[C@H]1O)N(C)C(=O)OCc1ccc([N+](=O)[O-])cc1. The second kappa shape index (κ2) is 33.5. The molecule has 5 fully saturated rings. The number of carbonyl (C=O) groups excluding carboxylic acids is 9. The van der Waals surface area contributed by atoms with E-state index in [0.29, 0.717) is 17.4 Å². The molecule has 6 aromatic rings. The smallest absolute Gasteiger partial charge is 0.410 e. The van der Waals surface area contributed by atoms with Gasteiger partial charge in [0, 0.05) is 74.6 Å². The molecule has 0 radical (unpaired) electrons. The van der Waals surface area contributed by atoms with Gasteiger partial charge in [-0.2, -0.15) is 0 Å². The van der Waals surface area contributed by atoms with E-state index in [1.54, 1.807) is 13.8 Å². The highest BCUT2D eigenvalue weighted by Gasteiger charge is 2.51. The molecule has 6 amide bonds. The summed E-state index contributed by atoms with van der Waals surface area (Å²) in [4.78, 5) is 148. The number of non-ortho nitro benzene ring substituents is 1. The number of amides is 6. The molecule has 5 aliphatic carbocycles. The van der Waals surface area contributed by atoms with Crippen molar-refractivity contribution in [2.75, 3.05) is 13.7 Å². The molecule has 10 aliphatic rings. The number of ether oxygens (including phenoxy) is 4. The van der Waals surface area contributed by atoms with Gasteiger partial charge in [0.15, 0.2) is 28.8 Å². The highest BCUT2D eigenvalue weighted by molar-refractivity contribution is 6.32. The Hall–Kier alpha value is -10.5. The first kappa shape index (κ1) is 81.5. The zero-order valence-corrected chi connectivity index (χ0v) is 63.4. The number of nitrogens with two attached hydrogens (primary N) is 1. The zero-order chi connectivity index (χ0) is 81.7. The largest absolute Gasteiger partial charge is 0.508 e. The summed E-state index contributed by atoms with van der Waals surface area (Å²) in [7, 11) is 1.22. The Balaban J connectivity index is 0.956. The predicted molar refractivity (Wildman–Crippen MR) is 403 cm³/mol. The molecular formula is C81H87Cl2N7O24. The molecule has 16 rings (SSSR count). The fraction of sp³-hybridized carbons (Fsp3) is 0.444. The number of likely N-dealkylation sites (N-methyl/N-ethyl adjacent to an activating group) is 1. The minimum absolute atomic E-state index is 0.0728. The third-order valence-electron chi connectivity index (χ3n) is 23.3. The Morgan fingerprint density at radius 1 is 0.675 bits per heavy atom. The summed E-state index contributed by atoms with van der Waals surface area (Å²) in [5.74, 6) is -17.0. The number of carbonyl (C=O) groups is 9. The van der Waals surface area contributed by atoms with Crippen LogP contribution in [0.1, 0.15) is 148 Å². The monoisotopic (exact) mass is 1610 g/mol. The van der Waals surface area contributed by atoms with Gasteiger partial charge in [-0.3, -0.25) is 53.4 Å².